The molecule has 2 heterocycles. The van der Waals surface area contributed by atoms with Crippen LogP contribution in [0.1, 0.15) is 25.1 Å². The van der Waals surface area contributed by atoms with E-state index in [1.165, 1.54) is 12.0 Å². The van der Waals surface area contributed by atoms with Crippen molar-refractivity contribution in [1.29, 1.82) is 0 Å². The highest BCUT2D eigenvalue weighted by atomic mass is 16.3. The van der Waals surface area contributed by atoms with Crippen molar-refractivity contribution in [3.05, 3.63) is 23.7 Å². The summed E-state index contributed by atoms with van der Waals surface area (Å²) in [6.07, 6.45) is 3.38. The largest absolute Gasteiger partial charge is 0.442 e. The lowest BCUT2D eigenvalue weighted by atomic mass is 10.1. The monoisotopic (exact) mass is 176 g/mol. The maximum atomic E-state index is 5.19. The second-order valence-corrected chi connectivity index (χ2v) is 2.98. The van der Waals surface area contributed by atoms with Gasteiger partial charge in [0.05, 0.1) is 0 Å². The minimum absolute atomic E-state index is 0.717. The zero-order valence-corrected chi connectivity index (χ0v) is 7.87. The van der Waals surface area contributed by atoms with Gasteiger partial charge < -0.3 is 4.42 Å². The van der Waals surface area contributed by atoms with Gasteiger partial charge in [-0.25, -0.2) is 4.98 Å². The van der Waals surface area contributed by atoms with Gasteiger partial charge in [0.2, 0.25) is 0 Å². The van der Waals surface area contributed by atoms with Crippen molar-refractivity contribution in [2.45, 2.75) is 26.7 Å². The molecule has 13 heavy (non-hydrogen) atoms. The van der Waals surface area contributed by atoms with Crippen LogP contribution < -0.4 is 0 Å². The third kappa shape index (κ3) is 1.30. The molecule has 3 nitrogen and oxygen atoms in total. The fraction of sp³-hybridized carbons (Fsp3) is 0.400. The lowest BCUT2D eigenvalue weighted by molar-refractivity contribution is 0.601. The van der Waals surface area contributed by atoms with E-state index in [0.29, 0.717) is 5.65 Å². The first-order valence-electron chi connectivity index (χ1n) is 4.57. The minimum Gasteiger partial charge on any atom is -0.442 e. The highest BCUT2D eigenvalue weighted by Gasteiger charge is 2.06. The van der Waals surface area contributed by atoms with Crippen LogP contribution in [0.3, 0.4) is 0 Å². The van der Waals surface area contributed by atoms with Crippen molar-refractivity contribution in [2.24, 2.45) is 0 Å². The van der Waals surface area contributed by atoms with Crippen LogP contribution in [0.4, 0.5) is 0 Å². The fourth-order valence-electron chi connectivity index (χ4n) is 1.49. The zero-order valence-electron chi connectivity index (χ0n) is 7.87. The average molecular weight is 176 g/mol. The Kier molecular flexibility index (Phi) is 2.00. The van der Waals surface area contributed by atoms with Crippen LogP contribution in [0.2, 0.25) is 0 Å². The molecule has 0 aromatic carbocycles. The van der Waals surface area contributed by atoms with Crippen LogP contribution in [-0.2, 0) is 12.8 Å². The molecule has 0 N–H and O–H groups in total. The zero-order chi connectivity index (χ0) is 9.26. The van der Waals surface area contributed by atoms with E-state index in [1.54, 1.807) is 0 Å². The van der Waals surface area contributed by atoms with Gasteiger partial charge in [0.1, 0.15) is 0 Å². The highest BCUT2D eigenvalue weighted by Crippen LogP contribution is 2.16. The van der Waals surface area contributed by atoms with Crippen LogP contribution in [0.25, 0.3) is 11.2 Å². The Morgan fingerprint density at radius 2 is 2.15 bits per heavy atom. The number of aryl methyl sites for hydroxylation is 2. The summed E-state index contributed by atoms with van der Waals surface area (Å²) in [5, 5.41) is 0. The Hall–Kier alpha value is -1.38. The quantitative estimate of drug-likeness (QED) is 0.705. The van der Waals surface area contributed by atoms with Gasteiger partial charge in [-0.2, -0.15) is 4.98 Å². The summed E-state index contributed by atoms with van der Waals surface area (Å²) in [4.78, 5) is 8.44. The van der Waals surface area contributed by atoms with Crippen molar-refractivity contribution in [1.82, 2.24) is 9.97 Å². The Morgan fingerprint density at radius 1 is 1.31 bits per heavy atom. The van der Waals surface area contributed by atoms with E-state index in [0.717, 1.165) is 24.1 Å². The SMILES string of the molecule is CCc1cc2ocnc2nc1CC. The Labute approximate surface area is 76.8 Å². The summed E-state index contributed by atoms with van der Waals surface area (Å²) in [7, 11) is 0. The molecule has 0 aliphatic heterocycles. The molecule has 0 radical (unpaired) electrons. The summed E-state index contributed by atoms with van der Waals surface area (Å²) in [6, 6.07) is 2.04. The van der Waals surface area contributed by atoms with Crippen LogP contribution >= 0.6 is 0 Å². The second-order valence-electron chi connectivity index (χ2n) is 2.98. The van der Waals surface area contributed by atoms with Crippen LogP contribution in [0, 0.1) is 0 Å². The number of oxazole rings is 1. The van der Waals surface area contributed by atoms with Gasteiger partial charge in [-0.3, -0.25) is 0 Å². The van der Waals surface area contributed by atoms with E-state index in [9.17, 15) is 0 Å². The van der Waals surface area contributed by atoms with Crippen LogP contribution in [0.5, 0.6) is 0 Å². The molecule has 0 saturated heterocycles. The number of rotatable bonds is 2. The maximum absolute atomic E-state index is 5.19. The summed E-state index contributed by atoms with van der Waals surface area (Å²) in [5.74, 6) is 0. The Bertz CT molecular complexity index is 382. The summed E-state index contributed by atoms with van der Waals surface area (Å²) < 4.78 is 5.19. The van der Waals surface area contributed by atoms with Gasteiger partial charge in [-0.1, -0.05) is 13.8 Å². The van der Waals surface area contributed by atoms with Gasteiger partial charge in [0, 0.05) is 5.69 Å². The molecule has 3 heteroatoms. The predicted octanol–water partition coefficient (Wildman–Crippen LogP) is 2.35. The third-order valence-electron chi connectivity index (χ3n) is 2.21. The van der Waals surface area contributed by atoms with E-state index in [2.05, 4.69) is 23.8 Å². The molecule has 0 aliphatic rings. The number of hydrogen-bond donors (Lipinski definition) is 0. The van der Waals surface area contributed by atoms with Crippen molar-refractivity contribution in [3.8, 4) is 0 Å². The summed E-state index contributed by atoms with van der Waals surface area (Å²) in [5.41, 5.74) is 3.89. The van der Waals surface area contributed by atoms with Gasteiger partial charge in [0.15, 0.2) is 17.6 Å². The first-order chi connectivity index (χ1) is 6.35. The molecule has 0 spiro atoms. The van der Waals surface area contributed by atoms with E-state index in [4.69, 9.17) is 4.42 Å². The molecule has 2 aromatic rings. The molecule has 0 bridgehead atoms. The summed E-state index contributed by atoms with van der Waals surface area (Å²) >= 11 is 0. The molecule has 0 fully saturated rings. The summed E-state index contributed by atoms with van der Waals surface area (Å²) in [6.45, 7) is 4.23. The molecule has 68 valence electrons. The predicted molar refractivity (Wildman–Crippen MR) is 50.6 cm³/mol. The molecule has 0 atom stereocenters. The van der Waals surface area contributed by atoms with Crippen LogP contribution in [0.15, 0.2) is 16.9 Å². The number of nitrogens with zero attached hydrogens (tertiary/aromatic N) is 2. The highest BCUT2D eigenvalue weighted by molar-refractivity contribution is 5.68. The van der Waals surface area contributed by atoms with E-state index >= 15 is 0 Å². The smallest absolute Gasteiger partial charge is 0.198 e. The molecule has 2 rings (SSSR count). The first-order valence-corrected chi connectivity index (χ1v) is 4.57. The fourth-order valence-corrected chi connectivity index (χ4v) is 1.49. The van der Waals surface area contributed by atoms with Crippen LogP contribution in [-0.4, -0.2) is 9.97 Å². The number of pyridine rings is 1. The lowest BCUT2D eigenvalue weighted by Crippen LogP contribution is -1.95. The lowest BCUT2D eigenvalue weighted by Gasteiger charge is -2.02. The van der Waals surface area contributed by atoms with Crippen molar-refractivity contribution >= 4 is 11.2 Å². The Balaban J connectivity index is 2.67. The second kappa shape index (κ2) is 3.17. The van der Waals surface area contributed by atoms with Crippen molar-refractivity contribution in [2.75, 3.05) is 0 Å². The topological polar surface area (TPSA) is 38.9 Å². The minimum atomic E-state index is 0.717. The molecule has 0 amide bonds. The van der Waals surface area contributed by atoms with Gasteiger partial charge in [0.25, 0.3) is 0 Å². The molecule has 0 saturated carbocycles. The van der Waals surface area contributed by atoms with Gasteiger partial charge in [-0.05, 0) is 24.5 Å². The maximum Gasteiger partial charge on any atom is 0.198 e. The molecule has 0 unspecified atom stereocenters. The first kappa shape index (κ1) is 8.23. The van der Waals surface area contributed by atoms with Crippen molar-refractivity contribution < 1.29 is 4.42 Å². The molecular weight excluding hydrogens is 164 g/mol. The van der Waals surface area contributed by atoms with Gasteiger partial charge in [-0.15, -0.1) is 0 Å². The normalized spacial score (nSPS) is 10.9. The van der Waals surface area contributed by atoms with E-state index in [1.807, 2.05) is 6.07 Å². The molecular formula is C10H12N2O. The number of aromatic nitrogens is 2. The number of hydrogen-bond acceptors (Lipinski definition) is 3. The standard InChI is InChI=1S/C10H12N2O/c1-3-7-5-9-10(11-6-13-9)12-8(7)4-2/h5-6H,3-4H2,1-2H3. The van der Waals surface area contributed by atoms with Gasteiger partial charge >= 0.3 is 0 Å². The van der Waals surface area contributed by atoms with E-state index in [-0.39, 0.29) is 0 Å². The van der Waals surface area contributed by atoms with Crippen molar-refractivity contribution in [3.63, 3.8) is 0 Å². The average Bonchev–Trinajstić information content (AvgIpc) is 2.62. The number of fused-ring (bicyclic) bond motifs is 1. The molecule has 2 aromatic heterocycles. The Morgan fingerprint density at radius 3 is 2.85 bits per heavy atom. The van der Waals surface area contributed by atoms with E-state index < -0.39 is 0 Å². The molecule has 0 aliphatic carbocycles. The third-order valence-corrected chi connectivity index (χ3v) is 2.21.